The van der Waals surface area contributed by atoms with Gasteiger partial charge in [0.15, 0.2) is 5.78 Å². The molecule has 1 aromatic heterocycles. The van der Waals surface area contributed by atoms with E-state index >= 15 is 0 Å². The number of nitrogens with one attached hydrogen (secondary N) is 1. The van der Waals surface area contributed by atoms with Crippen LogP contribution < -0.4 is 4.72 Å². The van der Waals surface area contributed by atoms with Crippen LogP contribution in [0.3, 0.4) is 0 Å². The first-order chi connectivity index (χ1) is 12.8. The summed E-state index contributed by atoms with van der Waals surface area (Å²) in [4.78, 5) is 17.2. The molecule has 0 radical (unpaired) electrons. The SMILES string of the molecule is Cc1ccc(S(=O)(=O)Nc2ccc(C)cc2C(=O)c2ccnc(C)c2)cc1. The van der Waals surface area contributed by atoms with Crippen LogP contribution in [0.15, 0.2) is 65.7 Å². The number of carbonyl (C=O) groups excluding carboxylic acids is 1. The topological polar surface area (TPSA) is 76.1 Å². The van der Waals surface area contributed by atoms with Crippen molar-refractivity contribution in [3.8, 4) is 0 Å². The molecule has 3 aromatic rings. The van der Waals surface area contributed by atoms with E-state index in [-0.39, 0.29) is 16.4 Å². The Morgan fingerprint density at radius 3 is 2.22 bits per heavy atom. The molecule has 0 saturated heterocycles. The summed E-state index contributed by atoms with van der Waals surface area (Å²) in [5.41, 5.74) is 3.56. The molecule has 27 heavy (non-hydrogen) atoms. The minimum atomic E-state index is -3.80. The highest BCUT2D eigenvalue weighted by atomic mass is 32.2. The molecule has 0 unspecified atom stereocenters. The Balaban J connectivity index is 2.02. The van der Waals surface area contributed by atoms with Gasteiger partial charge in [-0.05, 0) is 57.2 Å². The Bertz CT molecular complexity index is 1100. The van der Waals surface area contributed by atoms with Crippen LogP contribution in [0.2, 0.25) is 0 Å². The number of pyridine rings is 1. The average Bonchev–Trinajstić information content (AvgIpc) is 2.63. The predicted octanol–water partition coefficient (Wildman–Crippen LogP) is 4.04. The van der Waals surface area contributed by atoms with Gasteiger partial charge in [-0.1, -0.05) is 29.3 Å². The molecule has 2 aromatic carbocycles. The molecule has 0 saturated carbocycles. The van der Waals surface area contributed by atoms with Crippen LogP contribution in [-0.2, 0) is 10.0 Å². The summed E-state index contributed by atoms with van der Waals surface area (Å²) < 4.78 is 28.0. The minimum Gasteiger partial charge on any atom is -0.289 e. The lowest BCUT2D eigenvalue weighted by Gasteiger charge is -2.13. The average molecular weight is 380 g/mol. The van der Waals surface area contributed by atoms with Gasteiger partial charge in [-0.25, -0.2) is 8.42 Å². The second kappa shape index (κ2) is 7.32. The fraction of sp³-hybridized carbons (Fsp3) is 0.143. The summed E-state index contributed by atoms with van der Waals surface area (Å²) in [7, 11) is -3.80. The highest BCUT2D eigenvalue weighted by Crippen LogP contribution is 2.24. The molecule has 138 valence electrons. The third-order valence-electron chi connectivity index (χ3n) is 4.15. The van der Waals surface area contributed by atoms with Crippen molar-refractivity contribution in [3.63, 3.8) is 0 Å². The van der Waals surface area contributed by atoms with Crippen LogP contribution >= 0.6 is 0 Å². The first kappa shape index (κ1) is 18.8. The van der Waals surface area contributed by atoms with E-state index in [1.807, 2.05) is 13.8 Å². The summed E-state index contributed by atoms with van der Waals surface area (Å²) in [5, 5.41) is 0. The van der Waals surface area contributed by atoms with Gasteiger partial charge in [0.2, 0.25) is 0 Å². The molecule has 0 aliphatic rings. The molecule has 6 heteroatoms. The zero-order chi connectivity index (χ0) is 19.6. The summed E-state index contributed by atoms with van der Waals surface area (Å²) in [6, 6.07) is 14.9. The number of carbonyl (C=O) groups is 1. The number of benzene rings is 2. The van der Waals surface area contributed by atoms with Gasteiger partial charge in [0.1, 0.15) is 0 Å². The number of hydrogen-bond donors (Lipinski definition) is 1. The Kier molecular flexibility index (Phi) is 5.10. The van der Waals surface area contributed by atoms with Crippen molar-refractivity contribution in [2.75, 3.05) is 4.72 Å². The predicted molar refractivity (Wildman–Crippen MR) is 106 cm³/mol. The Morgan fingerprint density at radius 2 is 1.56 bits per heavy atom. The van der Waals surface area contributed by atoms with Crippen LogP contribution in [0.5, 0.6) is 0 Å². The normalized spacial score (nSPS) is 11.2. The number of nitrogens with zero attached hydrogens (tertiary/aromatic N) is 1. The molecule has 0 aliphatic heterocycles. The zero-order valence-electron chi connectivity index (χ0n) is 15.4. The van der Waals surface area contributed by atoms with Gasteiger partial charge in [0.05, 0.1) is 10.6 Å². The Morgan fingerprint density at radius 1 is 0.889 bits per heavy atom. The molecule has 3 rings (SSSR count). The number of rotatable bonds is 5. The van der Waals surface area contributed by atoms with E-state index in [1.54, 1.807) is 67.7 Å². The standard InChI is InChI=1S/C21H20N2O3S/c1-14-4-7-18(8-5-14)27(25,26)23-20-9-6-15(2)12-19(20)21(24)17-10-11-22-16(3)13-17/h4-13,23H,1-3H3. The maximum Gasteiger partial charge on any atom is 0.261 e. The Hall–Kier alpha value is -2.99. The van der Waals surface area contributed by atoms with E-state index in [9.17, 15) is 13.2 Å². The van der Waals surface area contributed by atoms with Crippen LogP contribution in [0.1, 0.15) is 32.7 Å². The van der Waals surface area contributed by atoms with E-state index in [0.29, 0.717) is 11.1 Å². The lowest BCUT2D eigenvalue weighted by atomic mass is 10.0. The molecule has 0 spiro atoms. The molecule has 1 heterocycles. The third kappa shape index (κ3) is 4.23. The fourth-order valence-corrected chi connectivity index (χ4v) is 3.78. The van der Waals surface area contributed by atoms with Crippen molar-refractivity contribution < 1.29 is 13.2 Å². The largest absolute Gasteiger partial charge is 0.289 e. The molecule has 0 amide bonds. The maximum absolute atomic E-state index is 13.0. The van der Waals surface area contributed by atoms with Gasteiger partial charge < -0.3 is 0 Å². The highest BCUT2D eigenvalue weighted by Gasteiger charge is 2.20. The molecule has 0 atom stereocenters. The van der Waals surface area contributed by atoms with Gasteiger partial charge in [0.25, 0.3) is 10.0 Å². The molecular formula is C21H20N2O3S. The van der Waals surface area contributed by atoms with Gasteiger partial charge in [-0.15, -0.1) is 0 Å². The first-order valence-electron chi connectivity index (χ1n) is 8.44. The van der Waals surface area contributed by atoms with Crippen molar-refractivity contribution in [2.45, 2.75) is 25.7 Å². The number of anilines is 1. The first-order valence-corrected chi connectivity index (χ1v) is 9.92. The number of hydrogen-bond acceptors (Lipinski definition) is 4. The second-order valence-electron chi connectivity index (χ2n) is 6.48. The van der Waals surface area contributed by atoms with Gasteiger partial charge >= 0.3 is 0 Å². The smallest absolute Gasteiger partial charge is 0.261 e. The molecule has 1 N–H and O–H groups in total. The van der Waals surface area contributed by atoms with Crippen molar-refractivity contribution in [1.82, 2.24) is 4.98 Å². The van der Waals surface area contributed by atoms with Crippen molar-refractivity contribution in [2.24, 2.45) is 0 Å². The number of sulfonamides is 1. The van der Waals surface area contributed by atoms with Crippen LogP contribution in [0.25, 0.3) is 0 Å². The van der Waals surface area contributed by atoms with Gasteiger partial charge in [-0.2, -0.15) is 0 Å². The summed E-state index contributed by atoms with van der Waals surface area (Å²) >= 11 is 0. The van der Waals surface area contributed by atoms with E-state index in [4.69, 9.17) is 0 Å². The lowest BCUT2D eigenvalue weighted by molar-refractivity contribution is 0.103. The van der Waals surface area contributed by atoms with Gasteiger partial charge in [0, 0.05) is 23.0 Å². The van der Waals surface area contributed by atoms with E-state index in [0.717, 1.165) is 16.8 Å². The third-order valence-corrected chi connectivity index (χ3v) is 5.54. The minimum absolute atomic E-state index is 0.145. The quantitative estimate of drug-likeness (QED) is 0.678. The number of aromatic nitrogens is 1. The molecule has 0 bridgehead atoms. The summed E-state index contributed by atoms with van der Waals surface area (Å²) in [6.07, 6.45) is 1.56. The Labute approximate surface area is 159 Å². The number of aryl methyl sites for hydroxylation is 3. The van der Waals surface area contributed by atoms with Gasteiger partial charge in [-0.3, -0.25) is 14.5 Å². The lowest BCUT2D eigenvalue weighted by Crippen LogP contribution is -2.16. The van der Waals surface area contributed by atoms with Crippen molar-refractivity contribution in [1.29, 1.82) is 0 Å². The second-order valence-corrected chi connectivity index (χ2v) is 8.17. The molecule has 5 nitrogen and oxygen atoms in total. The fourth-order valence-electron chi connectivity index (χ4n) is 2.70. The summed E-state index contributed by atoms with van der Waals surface area (Å²) in [6.45, 7) is 5.54. The van der Waals surface area contributed by atoms with Crippen molar-refractivity contribution >= 4 is 21.5 Å². The molecule has 0 fully saturated rings. The summed E-state index contributed by atoms with van der Waals surface area (Å²) in [5.74, 6) is -0.259. The van der Waals surface area contributed by atoms with E-state index in [1.165, 1.54) is 0 Å². The van der Waals surface area contributed by atoms with Crippen LogP contribution in [-0.4, -0.2) is 19.2 Å². The number of ketones is 1. The van der Waals surface area contributed by atoms with Crippen LogP contribution in [0, 0.1) is 20.8 Å². The van der Waals surface area contributed by atoms with E-state index < -0.39 is 10.0 Å². The van der Waals surface area contributed by atoms with Crippen LogP contribution in [0.4, 0.5) is 5.69 Å². The molecular weight excluding hydrogens is 360 g/mol. The molecule has 0 aliphatic carbocycles. The maximum atomic E-state index is 13.0. The van der Waals surface area contributed by atoms with E-state index in [2.05, 4.69) is 9.71 Å². The van der Waals surface area contributed by atoms with Crippen molar-refractivity contribution in [3.05, 3.63) is 88.7 Å². The monoisotopic (exact) mass is 380 g/mol. The zero-order valence-corrected chi connectivity index (χ0v) is 16.2. The highest BCUT2D eigenvalue weighted by molar-refractivity contribution is 7.92.